The third-order valence-electron chi connectivity index (χ3n) is 2.11. The van der Waals surface area contributed by atoms with Crippen LogP contribution in [0.4, 0.5) is 0 Å². The van der Waals surface area contributed by atoms with E-state index in [4.69, 9.17) is 4.74 Å². The van der Waals surface area contributed by atoms with Gasteiger partial charge in [0.05, 0.1) is 0 Å². The molecule has 0 aliphatic heterocycles. The van der Waals surface area contributed by atoms with Crippen molar-refractivity contribution >= 4 is 5.78 Å². The molecule has 0 fully saturated rings. The normalized spacial score (nSPS) is 10.3. The largest absolute Gasteiger partial charge is 0.486 e. The van der Waals surface area contributed by atoms with Gasteiger partial charge < -0.3 is 4.74 Å². The van der Waals surface area contributed by atoms with E-state index in [2.05, 4.69) is 0 Å². The predicted molar refractivity (Wildman–Crippen MR) is 56.5 cm³/mol. The minimum absolute atomic E-state index is 0.0408. The Hall–Kier alpha value is -1.31. The Bertz CT molecular complexity index is 316. The van der Waals surface area contributed by atoms with Crippen molar-refractivity contribution in [3.05, 3.63) is 29.8 Å². The van der Waals surface area contributed by atoms with Gasteiger partial charge in [-0.3, -0.25) is 4.79 Å². The molecule has 2 nitrogen and oxygen atoms in total. The van der Waals surface area contributed by atoms with Crippen molar-refractivity contribution < 1.29 is 9.53 Å². The monoisotopic (exact) mass is 192 g/mol. The van der Waals surface area contributed by atoms with E-state index in [1.54, 1.807) is 0 Å². The van der Waals surface area contributed by atoms with Gasteiger partial charge in [0.15, 0.2) is 5.78 Å². The van der Waals surface area contributed by atoms with E-state index in [0.29, 0.717) is 0 Å². The molecule has 0 spiro atoms. The van der Waals surface area contributed by atoms with Crippen LogP contribution in [0.1, 0.15) is 19.4 Å². The summed E-state index contributed by atoms with van der Waals surface area (Å²) < 4.78 is 5.41. The molecular formula is C12H16O2. The maximum Gasteiger partial charge on any atom is 0.172 e. The van der Waals surface area contributed by atoms with Crippen LogP contribution < -0.4 is 4.74 Å². The van der Waals surface area contributed by atoms with Gasteiger partial charge in [-0.15, -0.1) is 0 Å². The minimum Gasteiger partial charge on any atom is -0.486 e. The summed E-state index contributed by atoms with van der Waals surface area (Å²) in [6.07, 6.45) is 0. The zero-order valence-corrected chi connectivity index (χ0v) is 8.91. The number of Topliss-reactive ketones (excluding diaryl/α,β-unsaturated/α-hetero) is 1. The number of carbonyl (C=O) groups is 1. The smallest absolute Gasteiger partial charge is 0.172 e. The van der Waals surface area contributed by atoms with Crippen LogP contribution >= 0.6 is 0 Å². The van der Waals surface area contributed by atoms with Crippen LogP contribution in [0.25, 0.3) is 0 Å². The molecule has 0 aliphatic carbocycles. The average molecular weight is 192 g/mol. The number of benzene rings is 1. The first kappa shape index (κ1) is 10.8. The summed E-state index contributed by atoms with van der Waals surface area (Å²) in [5.74, 6) is 0.966. The number of ether oxygens (including phenoxy) is 1. The van der Waals surface area contributed by atoms with E-state index in [1.165, 1.54) is 0 Å². The highest BCUT2D eigenvalue weighted by atomic mass is 16.5. The lowest BCUT2D eigenvalue weighted by Crippen LogP contribution is -2.17. The van der Waals surface area contributed by atoms with E-state index in [1.807, 2.05) is 45.0 Å². The van der Waals surface area contributed by atoms with Crippen molar-refractivity contribution in [3.63, 3.8) is 0 Å². The Labute approximate surface area is 84.9 Å². The zero-order chi connectivity index (χ0) is 10.6. The molecule has 2 heteroatoms. The van der Waals surface area contributed by atoms with Gasteiger partial charge in [0.2, 0.25) is 0 Å². The maximum atomic E-state index is 11.3. The number of ketones is 1. The highest BCUT2D eigenvalue weighted by Crippen LogP contribution is 2.16. The highest BCUT2D eigenvalue weighted by molar-refractivity contribution is 5.81. The van der Waals surface area contributed by atoms with Gasteiger partial charge in [-0.1, -0.05) is 32.0 Å². The Morgan fingerprint density at radius 2 is 2.00 bits per heavy atom. The molecule has 1 rings (SSSR count). The number of hydrogen-bond donors (Lipinski definition) is 0. The number of carbonyl (C=O) groups excluding carboxylic acids is 1. The molecule has 14 heavy (non-hydrogen) atoms. The molecule has 0 aliphatic rings. The third-order valence-corrected chi connectivity index (χ3v) is 2.11. The molecule has 0 unspecified atom stereocenters. The molecule has 76 valence electrons. The molecule has 0 radical (unpaired) electrons. The summed E-state index contributed by atoms with van der Waals surface area (Å²) in [4.78, 5) is 11.3. The standard InChI is InChI=1S/C12H16O2/c1-9(2)11(13)8-14-12-7-5-4-6-10(12)3/h4-7,9H,8H2,1-3H3. The summed E-state index contributed by atoms with van der Waals surface area (Å²) >= 11 is 0. The Balaban J connectivity index is 2.54. The summed E-state index contributed by atoms with van der Waals surface area (Å²) in [7, 11) is 0. The van der Waals surface area contributed by atoms with Crippen LogP contribution in [-0.4, -0.2) is 12.4 Å². The lowest BCUT2D eigenvalue weighted by Gasteiger charge is -2.09. The Morgan fingerprint density at radius 3 is 2.57 bits per heavy atom. The average Bonchev–Trinajstić information content (AvgIpc) is 2.16. The first-order valence-corrected chi connectivity index (χ1v) is 4.82. The zero-order valence-electron chi connectivity index (χ0n) is 8.91. The van der Waals surface area contributed by atoms with Crippen molar-refractivity contribution in [1.82, 2.24) is 0 Å². The fourth-order valence-electron chi connectivity index (χ4n) is 1.03. The summed E-state index contributed by atoms with van der Waals surface area (Å²) in [6, 6.07) is 7.70. The molecule has 0 N–H and O–H groups in total. The highest BCUT2D eigenvalue weighted by Gasteiger charge is 2.08. The molecule has 0 atom stereocenters. The van der Waals surface area contributed by atoms with Gasteiger partial charge in [0, 0.05) is 5.92 Å². The van der Waals surface area contributed by atoms with Gasteiger partial charge in [-0.2, -0.15) is 0 Å². The predicted octanol–water partition coefficient (Wildman–Crippen LogP) is 2.60. The molecule has 0 saturated carbocycles. The van der Waals surface area contributed by atoms with Crippen LogP contribution in [0.2, 0.25) is 0 Å². The van der Waals surface area contributed by atoms with E-state index >= 15 is 0 Å². The van der Waals surface area contributed by atoms with E-state index in [-0.39, 0.29) is 18.3 Å². The second-order valence-electron chi connectivity index (χ2n) is 3.68. The Morgan fingerprint density at radius 1 is 1.36 bits per heavy atom. The van der Waals surface area contributed by atoms with Crippen LogP contribution in [0, 0.1) is 12.8 Å². The fourth-order valence-corrected chi connectivity index (χ4v) is 1.03. The second kappa shape index (κ2) is 4.80. The van der Waals surface area contributed by atoms with Gasteiger partial charge in [-0.05, 0) is 18.6 Å². The topological polar surface area (TPSA) is 26.3 Å². The lowest BCUT2D eigenvalue weighted by molar-refractivity contribution is -0.123. The van der Waals surface area contributed by atoms with Crippen LogP contribution in [0.3, 0.4) is 0 Å². The number of aryl methyl sites for hydroxylation is 1. The van der Waals surface area contributed by atoms with E-state index < -0.39 is 0 Å². The molecule has 0 saturated heterocycles. The van der Waals surface area contributed by atoms with E-state index in [0.717, 1.165) is 11.3 Å². The van der Waals surface area contributed by atoms with Crippen molar-refractivity contribution in [2.45, 2.75) is 20.8 Å². The summed E-state index contributed by atoms with van der Waals surface area (Å²) in [5, 5.41) is 0. The summed E-state index contributed by atoms with van der Waals surface area (Å²) in [5.41, 5.74) is 1.06. The fraction of sp³-hybridized carbons (Fsp3) is 0.417. The van der Waals surface area contributed by atoms with E-state index in [9.17, 15) is 4.79 Å². The van der Waals surface area contributed by atoms with Gasteiger partial charge >= 0.3 is 0 Å². The van der Waals surface area contributed by atoms with Crippen molar-refractivity contribution in [3.8, 4) is 5.75 Å². The minimum atomic E-state index is 0.0408. The Kier molecular flexibility index (Phi) is 3.69. The molecule has 1 aromatic rings. The molecule has 0 amide bonds. The molecular weight excluding hydrogens is 176 g/mol. The van der Waals surface area contributed by atoms with Crippen LogP contribution in [0.15, 0.2) is 24.3 Å². The molecule has 0 bridgehead atoms. The van der Waals surface area contributed by atoms with Crippen molar-refractivity contribution in [2.75, 3.05) is 6.61 Å². The first-order chi connectivity index (χ1) is 6.61. The maximum absolute atomic E-state index is 11.3. The van der Waals surface area contributed by atoms with Crippen molar-refractivity contribution in [1.29, 1.82) is 0 Å². The number of hydrogen-bond acceptors (Lipinski definition) is 2. The van der Waals surface area contributed by atoms with Gasteiger partial charge in [-0.25, -0.2) is 0 Å². The third kappa shape index (κ3) is 2.87. The van der Waals surface area contributed by atoms with Crippen LogP contribution in [0.5, 0.6) is 5.75 Å². The van der Waals surface area contributed by atoms with Crippen LogP contribution in [-0.2, 0) is 4.79 Å². The molecule has 1 aromatic carbocycles. The van der Waals surface area contributed by atoms with Gasteiger partial charge in [0.1, 0.15) is 12.4 Å². The lowest BCUT2D eigenvalue weighted by atomic mass is 10.1. The SMILES string of the molecule is Cc1ccccc1OCC(=O)C(C)C. The second-order valence-corrected chi connectivity index (χ2v) is 3.68. The van der Waals surface area contributed by atoms with Crippen molar-refractivity contribution in [2.24, 2.45) is 5.92 Å². The quantitative estimate of drug-likeness (QED) is 0.733. The summed E-state index contributed by atoms with van der Waals surface area (Å²) in [6.45, 7) is 5.89. The number of para-hydroxylation sites is 1. The molecule has 0 heterocycles. The molecule has 0 aromatic heterocycles. The van der Waals surface area contributed by atoms with Gasteiger partial charge in [0.25, 0.3) is 0 Å². The number of rotatable bonds is 4. The first-order valence-electron chi connectivity index (χ1n) is 4.82.